The number of carbonyl (C=O) groups excluding carboxylic acids is 1. The van der Waals surface area contributed by atoms with E-state index in [2.05, 4.69) is 20.7 Å². The van der Waals surface area contributed by atoms with Gasteiger partial charge >= 0.3 is 5.97 Å². The Morgan fingerprint density at radius 2 is 2.00 bits per heavy atom. The SMILES string of the molecule is CCOC(=O)C[C@H](N)c1cc(Br)cc(C(F)F)c1F. The number of benzene rings is 1. The smallest absolute Gasteiger partial charge is 0.307 e. The molecule has 0 fully saturated rings. The Kier molecular flexibility index (Phi) is 5.81. The van der Waals surface area contributed by atoms with Gasteiger partial charge in [0.15, 0.2) is 0 Å². The first-order chi connectivity index (χ1) is 8.86. The molecule has 0 saturated heterocycles. The third-order valence-electron chi connectivity index (χ3n) is 2.42. The average molecular weight is 340 g/mol. The summed E-state index contributed by atoms with van der Waals surface area (Å²) in [5.74, 6) is -1.69. The first-order valence-corrected chi connectivity index (χ1v) is 6.34. The van der Waals surface area contributed by atoms with Crippen LogP contribution in [0.3, 0.4) is 0 Å². The third kappa shape index (κ3) is 4.21. The fourth-order valence-electron chi connectivity index (χ4n) is 1.57. The lowest BCUT2D eigenvalue weighted by Crippen LogP contribution is -2.19. The number of esters is 1. The average Bonchev–Trinajstić information content (AvgIpc) is 2.31. The van der Waals surface area contributed by atoms with Gasteiger partial charge < -0.3 is 10.5 Å². The molecule has 0 amide bonds. The number of hydrogen-bond acceptors (Lipinski definition) is 3. The maximum atomic E-state index is 13.9. The minimum atomic E-state index is -2.95. The Labute approximate surface area is 117 Å². The van der Waals surface area contributed by atoms with Gasteiger partial charge in [-0.3, -0.25) is 4.79 Å². The van der Waals surface area contributed by atoms with Gasteiger partial charge in [0.05, 0.1) is 18.6 Å². The quantitative estimate of drug-likeness (QED) is 0.835. The zero-order valence-corrected chi connectivity index (χ0v) is 11.7. The summed E-state index contributed by atoms with van der Waals surface area (Å²) in [7, 11) is 0. The van der Waals surface area contributed by atoms with Gasteiger partial charge in [0.25, 0.3) is 6.43 Å². The molecule has 1 rings (SSSR count). The second-order valence-electron chi connectivity index (χ2n) is 3.81. The van der Waals surface area contributed by atoms with E-state index in [4.69, 9.17) is 5.73 Å². The van der Waals surface area contributed by atoms with Crippen molar-refractivity contribution in [2.75, 3.05) is 6.61 Å². The van der Waals surface area contributed by atoms with E-state index in [9.17, 15) is 18.0 Å². The first-order valence-electron chi connectivity index (χ1n) is 5.55. The van der Waals surface area contributed by atoms with Crippen molar-refractivity contribution in [1.82, 2.24) is 0 Å². The molecule has 0 spiro atoms. The third-order valence-corrected chi connectivity index (χ3v) is 2.88. The van der Waals surface area contributed by atoms with Crippen molar-refractivity contribution in [2.45, 2.75) is 25.8 Å². The van der Waals surface area contributed by atoms with Crippen molar-refractivity contribution >= 4 is 21.9 Å². The summed E-state index contributed by atoms with van der Waals surface area (Å²) >= 11 is 3.01. The normalized spacial score (nSPS) is 12.6. The molecular formula is C12H13BrF3NO2. The molecule has 1 aromatic carbocycles. The molecule has 2 N–H and O–H groups in total. The molecule has 7 heteroatoms. The summed E-state index contributed by atoms with van der Waals surface area (Å²) in [6, 6.07) is 1.24. The monoisotopic (exact) mass is 339 g/mol. The summed E-state index contributed by atoms with van der Waals surface area (Å²) in [6.45, 7) is 1.80. The van der Waals surface area contributed by atoms with Crippen LogP contribution in [0.25, 0.3) is 0 Å². The molecule has 1 aromatic rings. The zero-order valence-electron chi connectivity index (χ0n) is 10.1. The minimum absolute atomic E-state index is 0.141. The Hall–Kier alpha value is -1.08. The Bertz CT molecular complexity index is 469. The lowest BCUT2D eigenvalue weighted by Gasteiger charge is -2.15. The van der Waals surface area contributed by atoms with Crippen LogP contribution in [0, 0.1) is 5.82 Å². The van der Waals surface area contributed by atoms with Crippen molar-refractivity contribution in [3.05, 3.63) is 33.5 Å². The summed E-state index contributed by atoms with van der Waals surface area (Å²) < 4.78 is 44.1. The highest BCUT2D eigenvalue weighted by Gasteiger charge is 2.22. The second-order valence-corrected chi connectivity index (χ2v) is 4.73. The highest BCUT2D eigenvalue weighted by molar-refractivity contribution is 9.10. The molecule has 19 heavy (non-hydrogen) atoms. The predicted molar refractivity (Wildman–Crippen MR) is 67.2 cm³/mol. The van der Waals surface area contributed by atoms with Gasteiger partial charge in [-0.05, 0) is 19.1 Å². The van der Waals surface area contributed by atoms with E-state index in [1.165, 1.54) is 6.07 Å². The first kappa shape index (κ1) is 16.0. The van der Waals surface area contributed by atoms with E-state index in [0.717, 1.165) is 6.07 Å². The molecular weight excluding hydrogens is 327 g/mol. The fourth-order valence-corrected chi connectivity index (χ4v) is 2.06. The standard InChI is InChI=1S/C12H13BrF3NO2/c1-2-19-10(18)5-9(17)7-3-6(13)4-8(11(7)14)12(15)16/h3-4,9,12H,2,5,17H2,1H3/t9-/m0/s1. The van der Waals surface area contributed by atoms with Crippen molar-refractivity contribution < 1.29 is 22.7 Å². The number of hydrogen-bond donors (Lipinski definition) is 1. The van der Waals surface area contributed by atoms with Gasteiger partial charge in [-0.15, -0.1) is 0 Å². The molecule has 0 saturated carbocycles. The number of carbonyl (C=O) groups is 1. The molecule has 0 aliphatic rings. The summed E-state index contributed by atoms with van der Waals surface area (Å²) in [4.78, 5) is 11.3. The Morgan fingerprint density at radius 3 is 2.53 bits per heavy atom. The maximum Gasteiger partial charge on any atom is 0.307 e. The van der Waals surface area contributed by atoms with Crippen LogP contribution in [0.4, 0.5) is 13.2 Å². The molecule has 0 aromatic heterocycles. The number of halogens is 4. The van der Waals surface area contributed by atoms with Gasteiger partial charge in [-0.25, -0.2) is 13.2 Å². The molecule has 0 unspecified atom stereocenters. The van der Waals surface area contributed by atoms with Gasteiger partial charge in [0.2, 0.25) is 0 Å². The van der Waals surface area contributed by atoms with E-state index in [0.29, 0.717) is 0 Å². The lowest BCUT2D eigenvalue weighted by atomic mass is 10.0. The summed E-state index contributed by atoms with van der Waals surface area (Å²) in [5.41, 5.74) is 4.77. The van der Waals surface area contributed by atoms with Crippen LogP contribution < -0.4 is 5.73 Å². The fraction of sp³-hybridized carbons (Fsp3) is 0.417. The van der Waals surface area contributed by atoms with Crippen LogP contribution in [0.15, 0.2) is 16.6 Å². The second kappa shape index (κ2) is 6.91. The maximum absolute atomic E-state index is 13.9. The summed E-state index contributed by atoms with van der Waals surface area (Å²) in [6.07, 6.45) is -3.23. The van der Waals surface area contributed by atoms with Crippen LogP contribution >= 0.6 is 15.9 Å². The molecule has 0 aliphatic carbocycles. The zero-order chi connectivity index (χ0) is 14.6. The van der Waals surface area contributed by atoms with Crippen molar-refractivity contribution in [3.8, 4) is 0 Å². The highest BCUT2D eigenvalue weighted by Crippen LogP contribution is 2.31. The molecule has 1 atom stereocenters. The molecule has 106 valence electrons. The molecule has 0 radical (unpaired) electrons. The molecule has 3 nitrogen and oxygen atoms in total. The van der Waals surface area contributed by atoms with Gasteiger partial charge in [0, 0.05) is 16.1 Å². The van der Waals surface area contributed by atoms with Crippen LogP contribution in [0.1, 0.15) is 36.9 Å². The Morgan fingerprint density at radius 1 is 1.42 bits per heavy atom. The van der Waals surface area contributed by atoms with E-state index >= 15 is 0 Å². The van der Waals surface area contributed by atoms with Crippen molar-refractivity contribution in [3.63, 3.8) is 0 Å². The topological polar surface area (TPSA) is 52.3 Å². The number of ether oxygens (including phenoxy) is 1. The Balaban J connectivity index is 3.02. The van der Waals surface area contributed by atoms with Gasteiger partial charge in [-0.2, -0.15) is 0 Å². The largest absolute Gasteiger partial charge is 0.466 e. The number of rotatable bonds is 5. The minimum Gasteiger partial charge on any atom is -0.466 e. The van der Waals surface area contributed by atoms with E-state index in [1.807, 2.05) is 0 Å². The van der Waals surface area contributed by atoms with Gasteiger partial charge in [-0.1, -0.05) is 15.9 Å². The lowest BCUT2D eigenvalue weighted by molar-refractivity contribution is -0.143. The highest BCUT2D eigenvalue weighted by atomic mass is 79.9. The van der Waals surface area contributed by atoms with Crippen LogP contribution in [0.5, 0.6) is 0 Å². The van der Waals surface area contributed by atoms with E-state index in [-0.39, 0.29) is 23.1 Å². The number of nitrogens with two attached hydrogens (primary N) is 1. The molecule has 0 heterocycles. The number of alkyl halides is 2. The van der Waals surface area contributed by atoms with Crippen LogP contribution in [0.2, 0.25) is 0 Å². The van der Waals surface area contributed by atoms with Crippen molar-refractivity contribution in [2.24, 2.45) is 5.73 Å². The van der Waals surface area contributed by atoms with Crippen LogP contribution in [-0.2, 0) is 9.53 Å². The predicted octanol–water partition coefficient (Wildman–Crippen LogP) is 3.48. The van der Waals surface area contributed by atoms with E-state index < -0.39 is 29.8 Å². The van der Waals surface area contributed by atoms with Crippen molar-refractivity contribution in [1.29, 1.82) is 0 Å². The molecule has 0 bridgehead atoms. The van der Waals surface area contributed by atoms with Gasteiger partial charge in [0.1, 0.15) is 5.82 Å². The molecule has 0 aliphatic heterocycles. The van der Waals surface area contributed by atoms with E-state index in [1.54, 1.807) is 6.92 Å². The van der Waals surface area contributed by atoms with Crippen LogP contribution in [-0.4, -0.2) is 12.6 Å². The summed E-state index contributed by atoms with van der Waals surface area (Å²) in [5, 5.41) is 0.